The van der Waals surface area contributed by atoms with Gasteiger partial charge in [0.15, 0.2) is 0 Å². The normalized spacial score (nSPS) is 16.8. The number of nitrogens with zero attached hydrogens (tertiary/aromatic N) is 3. The molecule has 1 aromatic heterocycles. The summed E-state index contributed by atoms with van der Waals surface area (Å²) in [5.41, 5.74) is 1.03. The van der Waals surface area contributed by atoms with Gasteiger partial charge in [0.25, 0.3) is 0 Å². The highest BCUT2D eigenvalue weighted by Gasteiger charge is 2.20. The van der Waals surface area contributed by atoms with Crippen molar-refractivity contribution in [2.24, 2.45) is 0 Å². The fourth-order valence-corrected chi connectivity index (χ4v) is 2.75. The monoisotopic (exact) mass is 270 g/mol. The maximum atomic E-state index is 4.68. The second kappa shape index (κ2) is 6.18. The minimum Gasteiger partial charge on any atom is -0.341 e. The van der Waals surface area contributed by atoms with Crippen molar-refractivity contribution in [3.05, 3.63) is 30.5 Å². The maximum Gasteiger partial charge on any atom is 0.225 e. The molecule has 20 heavy (non-hydrogen) atoms. The van der Waals surface area contributed by atoms with Gasteiger partial charge in [-0.25, -0.2) is 9.97 Å². The number of anilines is 1. The highest BCUT2D eigenvalue weighted by Crippen LogP contribution is 2.19. The zero-order valence-corrected chi connectivity index (χ0v) is 12.0. The average molecular weight is 270 g/mol. The van der Waals surface area contributed by atoms with Gasteiger partial charge in [0.2, 0.25) is 5.95 Å². The van der Waals surface area contributed by atoms with Crippen molar-refractivity contribution >= 4 is 16.9 Å². The Hall–Kier alpha value is -1.68. The molecule has 1 aliphatic heterocycles. The second-order valence-electron chi connectivity index (χ2n) is 5.44. The van der Waals surface area contributed by atoms with Gasteiger partial charge in [-0.15, -0.1) is 0 Å². The smallest absolute Gasteiger partial charge is 0.225 e. The Morgan fingerprint density at radius 1 is 1.25 bits per heavy atom. The standard InChI is InChI=1S/C16H22N4/c1-2-9-17-14-7-10-20(11-8-14)16-18-12-13-5-3-4-6-15(13)19-16/h3-6,12,14,17H,2,7-11H2,1H3. The Bertz CT molecular complexity index is 561. The molecule has 4 nitrogen and oxygen atoms in total. The molecule has 1 saturated heterocycles. The fourth-order valence-electron chi connectivity index (χ4n) is 2.75. The van der Waals surface area contributed by atoms with Crippen molar-refractivity contribution in [1.82, 2.24) is 15.3 Å². The van der Waals surface area contributed by atoms with E-state index in [-0.39, 0.29) is 0 Å². The molecular formula is C16H22N4. The minimum absolute atomic E-state index is 0.659. The predicted molar refractivity (Wildman–Crippen MR) is 83.1 cm³/mol. The van der Waals surface area contributed by atoms with Crippen LogP contribution in [0.1, 0.15) is 26.2 Å². The van der Waals surface area contributed by atoms with Crippen molar-refractivity contribution in [3.8, 4) is 0 Å². The first-order valence-electron chi connectivity index (χ1n) is 7.57. The van der Waals surface area contributed by atoms with Crippen molar-refractivity contribution < 1.29 is 0 Å². The lowest BCUT2D eigenvalue weighted by molar-refractivity contribution is 0.413. The molecular weight excluding hydrogens is 248 g/mol. The number of aromatic nitrogens is 2. The third-order valence-electron chi connectivity index (χ3n) is 3.94. The number of hydrogen-bond acceptors (Lipinski definition) is 4. The van der Waals surface area contributed by atoms with Gasteiger partial charge in [-0.3, -0.25) is 0 Å². The predicted octanol–water partition coefficient (Wildman–Crippen LogP) is 2.60. The van der Waals surface area contributed by atoms with Crippen LogP contribution in [0, 0.1) is 0 Å². The Labute approximate surface area is 120 Å². The van der Waals surface area contributed by atoms with Crippen LogP contribution in [0.4, 0.5) is 5.95 Å². The van der Waals surface area contributed by atoms with Crippen LogP contribution in [0.15, 0.2) is 30.5 Å². The molecule has 0 bridgehead atoms. The molecule has 106 valence electrons. The number of piperidine rings is 1. The fraction of sp³-hybridized carbons (Fsp3) is 0.500. The number of benzene rings is 1. The molecule has 2 heterocycles. The van der Waals surface area contributed by atoms with E-state index in [1.807, 2.05) is 18.3 Å². The summed E-state index contributed by atoms with van der Waals surface area (Å²) in [5.74, 6) is 0.873. The van der Waals surface area contributed by atoms with Crippen LogP contribution in [0.5, 0.6) is 0 Å². The van der Waals surface area contributed by atoms with E-state index in [0.29, 0.717) is 6.04 Å². The number of hydrogen-bond donors (Lipinski definition) is 1. The van der Waals surface area contributed by atoms with Crippen LogP contribution in [-0.4, -0.2) is 35.6 Å². The molecule has 0 radical (unpaired) electrons. The molecule has 1 N–H and O–H groups in total. The van der Waals surface area contributed by atoms with Crippen LogP contribution in [0.25, 0.3) is 10.9 Å². The lowest BCUT2D eigenvalue weighted by atomic mass is 10.1. The Balaban J connectivity index is 1.67. The van der Waals surface area contributed by atoms with Crippen LogP contribution in [0.2, 0.25) is 0 Å². The van der Waals surface area contributed by atoms with E-state index in [9.17, 15) is 0 Å². The summed E-state index contributed by atoms with van der Waals surface area (Å²) in [4.78, 5) is 11.5. The molecule has 0 atom stereocenters. The van der Waals surface area contributed by atoms with E-state index < -0.39 is 0 Å². The van der Waals surface area contributed by atoms with E-state index in [1.165, 1.54) is 19.3 Å². The van der Waals surface area contributed by atoms with Gasteiger partial charge >= 0.3 is 0 Å². The van der Waals surface area contributed by atoms with Crippen LogP contribution >= 0.6 is 0 Å². The SMILES string of the molecule is CCCNC1CCN(c2ncc3ccccc3n2)CC1. The second-order valence-corrected chi connectivity index (χ2v) is 5.44. The largest absolute Gasteiger partial charge is 0.341 e. The van der Waals surface area contributed by atoms with E-state index in [0.717, 1.165) is 36.5 Å². The lowest BCUT2D eigenvalue weighted by Crippen LogP contribution is -2.43. The van der Waals surface area contributed by atoms with Gasteiger partial charge in [0.05, 0.1) is 5.52 Å². The summed E-state index contributed by atoms with van der Waals surface area (Å²) in [5, 5.41) is 4.71. The minimum atomic E-state index is 0.659. The topological polar surface area (TPSA) is 41.0 Å². The first-order valence-corrected chi connectivity index (χ1v) is 7.57. The Morgan fingerprint density at radius 3 is 2.85 bits per heavy atom. The number of fused-ring (bicyclic) bond motifs is 1. The summed E-state index contributed by atoms with van der Waals surface area (Å²) < 4.78 is 0. The molecule has 4 heteroatoms. The van der Waals surface area contributed by atoms with Gasteiger partial charge < -0.3 is 10.2 Å². The van der Waals surface area contributed by atoms with Gasteiger partial charge in [-0.05, 0) is 31.9 Å². The molecule has 2 aromatic rings. The zero-order chi connectivity index (χ0) is 13.8. The van der Waals surface area contributed by atoms with E-state index in [1.54, 1.807) is 0 Å². The molecule has 1 aromatic carbocycles. The first kappa shape index (κ1) is 13.3. The van der Waals surface area contributed by atoms with E-state index in [2.05, 4.69) is 39.2 Å². The van der Waals surface area contributed by atoms with Crippen molar-refractivity contribution in [1.29, 1.82) is 0 Å². The van der Waals surface area contributed by atoms with Crippen LogP contribution in [0.3, 0.4) is 0 Å². The van der Waals surface area contributed by atoms with Crippen molar-refractivity contribution in [2.75, 3.05) is 24.5 Å². The van der Waals surface area contributed by atoms with E-state index in [4.69, 9.17) is 0 Å². The molecule has 1 fully saturated rings. The molecule has 0 spiro atoms. The molecule has 3 rings (SSSR count). The van der Waals surface area contributed by atoms with Gasteiger partial charge in [-0.1, -0.05) is 25.1 Å². The average Bonchev–Trinajstić information content (AvgIpc) is 2.53. The highest BCUT2D eigenvalue weighted by molar-refractivity contribution is 5.78. The maximum absolute atomic E-state index is 4.68. The number of para-hydroxylation sites is 1. The quantitative estimate of drug-likeness (QED) is 0.927. The Morgan fingerprint density at radius 2 is 2.05 bits per heavy atom. The molecule has 0 aliphatic carbocycles. The van der Waals surface area contributed by atoms with E-state index >= 15 is 0 Å². The molecule has 0 amide bonds. The van der Waals surface area contributed by atoms with Crippen LogP contribution < -0.4 is 10.2 Å². The number of rotatable bonds is 4. The third-order valence-corrected chi connectivity index (χ3v) is 3.94. The molecule has 0 saturated carbocycles. The van der Waals surface area contributed by atoms with Gasteiger partial charge in [0, 0.05) is 30.7 Å². The molecule has 0 unspecified atom stereocenters. The van der Waals surface area contributed by atoms with Gasteiger partial charge in [0.1, 0.15) is 0 Å². The summed E-state index contributed by atoms with van der Waals surface area (Å²) in [6, 6.07) is 8.82. The summed E-state index contributed by atoms with van der Waals surface area (Å²) in [6.07, 6.45) is 5.49. The first-order chi connectivity index (χ1) is 9.86. The molecule has 1 aliphatic rings. The highest BCUT2D eigenvalue weighted by atomic mass is 15.3. The van der Waals surface area contributed by atoms with Crippen LogP contribution in [-0.2, 0) is 0 Å². The summed E-state index contributed by atoms with van der Waals surface area (Å²) >= 11 is 0. The summed E-state index contributed by atoms with van der Waals surface area (Å²) in [7, 11) is 0. The van der Waals surface area contributed by atoms with Crippen molar-refractivity contribution in [2.45, 2.75) is 32.2 Å². The third kappa shape index (κ3) is 2.90. The lowest BCUT2D eigenvalue weighted by Gasteiger charge is -2.32. The Kier molecular flexibility index (Phi) is 4.11. The van der Waals surface area contributed by atoms with Crippen molar-refractivity contribution in [3.63, 3.8) is 0 Å². The number of nitrogens with one attached hydrogen (secondary N) is 1. The van der Waals surface area contributed by atoms with Gasteiger partial charge in [-0.2, -0.15) is 0 Å². The zero-order valence-electron chi connectivity index (χ0n) is 12.0. The summed E-state index contributed by atoms with van der Waals surface area (Å²) in [6.45, 7) is 5.42.